The van der Waals surface area contributed by atoms with Crippen molar-refractivity contribution < 1.29 is 0 Å². The van der Waals surface area contributed by atoms with Gasteiger partial charge in [-0.15, -0.1) is 0 Å². The van der Waals surface area contributed by atoms with Gasteiger partial charge in [-0.05, 0) is 89.0 Å². The van der Waals surface area contributed by atoms with Crippen molar-refractivity contribution in [2.45, 2.75) is 0 Å². The van der Waals surface area contributed by atoms with E-state index in [2.05, 4.69) is 62.8 Å². The monoisotopic (exact) mass is 956 g/mol. The van der Waals surface area contributed by atoms with E-state index < -0.39 is 0 Å². The van der Waals surface area contributed by atoms with Crippen LogP contribution < -0.4 is 0 Å². The highest BCUT2D eigenvalue weighted by molar-refractivity contribution is 6.12. The molecule has 10 heteroatoms. The van der Waals surface area contributed by atoms with Crippen molar-refractivity contribution in [3.8, 4) is 108 Å². The molecule has 0 N–H and O–H groups in total. The molecule has 12 rings (SSSR count). The molecular formula is C65H36N10. The first-order chi connectivity index (χ1) is 37.0. The Balaban J connectivity index is 1.16. The lowest BCUT2D eigenvalue weighted by Crippen LogP contribution is -2.03. The van der Waals surface area contributed by atoms with Crippen LogP contribution in [0.1, 0.15) is 11.1 Å². The Labute approximate surface area is 431 Å². The molecule has 3 aromatic heterocycles. The van der Waals surface area contributed by atoms with E-state index in [9.17, 15) is 10.5 Å². The molecule has 0 fully saturated rings. The largest absolute Gasteiger partial charge is 0.309 e. The molecule has 9 aromatic carbocycles. The van der Waals surface area contributed by atoms with Crippen LogP contribution in [0.4, 0.5) is 11.4 Å². The second kappa shape index (κ2) is 19.2. The van der Waals surface area contributed by atoms with Gasteiger partial charge in [-0.1, -0.05) is 152 Å². The third kappa shape index (κ3) is 8.45. The summed E-state index contributed by atoms with van der Waals surface area (Å²) >= 11 is 0. The first-order valence-electron chi connectivity index (χ1n) is 23.9. The molecule has 0 saturated carbocycles. The standard InChI is InChI=1S/C65H36N10/c1-68-50-27-29-51(49(34-50)40-67)46-24-30-59-53(35-46)54-36-47(52-28-23-41(39-66)33-57(52)69-2)25-31-60(54)75(59)61-32-26-48(65-73-63(44-19-11-5-12-20-44)72-64(74-65)45-21-13-6-14-22-45)37-55(61)58-38-56(42-15-7-3-8-16-42)70-62(71-58)43-17-9-4-10-18-43/h3-38H. The van der Waals surface area contributed by atoms with Gasteiger partial charge >= 0.3 is 0 Å². The van der Waals surface area contributed by atoms with Crippen LogP contribution in [-0.2, 0) is 0 Å². The Bertz CT molecular complexity index is 4140. The van der Waals surface area contributed by atoms with E-state index in [0.717, 1.165) is 77.7 Å². The molecule has 0 aliphatic heterocycles. The lowest BCUT2D eigenvalue weighted by molar-refractivity contribution is 1.07. The molecule has 0 aliphatic carbocycles. The summed E-state index contributed by atoms with van der Waals surface area (Å²) in [5.41, 5.74) is 13.4. The fraction of sp³-hybridized carbons (Fsp3) is 0. The van der Waals surface area contributed by atoms with Gasteiger partial charge in [0, 0.05) is 55.3 Å². The first kappa shape index (κ1) is 45.0. The summed E-state index contributed by atoms with van der Waals surface area (Å²) < 4.78 is 2.23. The average molecular weight is 957 g/mol. The summed E-state index contributed by atoms with van der Waals surface area (Å²) in [6.07, 6.45) is 0. The lowest BCUT2D eigenvalue weighted by atomic mass is 9.97. The van der Waals surface area contributed by atoms with E-state index in [0.29, 0.717) is 62.6 Å². The number of nitriles is 2. The van der Waals surface area contributed by atoms with Gasteiger partial charge in [-0.25, -0.2) is 34.6 Å². The van der Waals surface area contributed by atoms with E-state index in [1.54, 1.807) is 24.3 Å². The SMILES string of the molecule is [C-]#[N+]c1ccc(-c2ccc3c(c2)c2cc(-c4ccc(C#N)cc4[N+]#[C-])ccc2n3-c2ccc(-c3nc(-c4ccccc4)nc(-c4ccccc4)n3)cc2-c2cc(-c3ccccc3)nc(-c3ccccc3)n2)c(C#N)c1. The zero-order valence-electron chi connectivity index (χ0n) is 39.8. The van der Waals surface area contributed by atoms with Crippen molar-refractivity contribution in [1.29, 1.82) is 10.5 Å². The van der Waals surface area contributed by atoms with Gasteiger partial charge in [0.15, 0.2) is 34.7 Å². The average Bonchev–Trinajstić information content (AvgIpc) is 3.88. The summed E-state index contributed by atoms with van der Waals surface area (Å²) in [6, 6.07) is 75.2. The van der Waals surface area contributed by atoms with Crippen molar-refractivity contribution >= 4 is 33.2 Å². The van der Waals surface area contributed by atoms with Gasteiger partial charge in [0.2, 0.25) is 0 Å². The second-order valence-corrected chi connectivity index (χ2v) is 17.7. The van der Waals surface area contributed by atoms with E-state index in [1.165, 1.54) is 0 Å². The number of hydrogen-bond donors (Lipinski definition) is 0. The molecule has 12 aromatic rings. The molecular weight excluding hydrogens is 921 g/mol. The predicted molar refractivity (Wildman–Crippen MR) is 295 cm³/mol. The maximum absolute atomic E-state index is 10.3. The molecule has 0 bridgehead atoms. The van der Waals surface area contributed by atoms with E-state index in [4.69, 9.17) is 38.1 Å². The van der Waals surface area contributed by atoms with Gasteiger partial charge in [0.25, 0.3) is 0 Å². The summed E-state index contributed by atoms with van der Waals surface area (Å²) in [5, 5.41) is 21.8. The van der Waals surface area contributed by atoms with Crippen molar-refractivity contribution in [3.05, 3.63) is 252 Å². The topological polar surface area (TPSA) is 126 Å². The fourth-order valence-electron chi connectivity index (χ4n) is 9.57. The molecule has 75 heavy (non-hydrogen) atoms. The molecule has 0 radical (unpaired) electrons. The minimum absolute atomic E-state index is 0.366. The second-order valence-electron chi connectivity index (χ2n) is 17.7. The first-order valence-corrected chi connectivity index (χ1v) is 23.9. The molecule has 346 valence electrons. The molecule has 0 saturated heterocycles. The zero-order chi connectivity index (χ0) is 50.8. The fourth-order valence-corrected chi connectivity index (χ4v) is 9.57. The van der Waals surface area contributed by atoms with Crippen molar-refractivity contribution in [2.75, 3.05) is 0 Å². The highest BCUT2D eigenvalue weighted by atomic mass is 15.0. The number of hydrogen-bond acceptors (Lipinski definition) is 7. The quantitative estimate of drug-likeness (QED) is 0.132. The lowest BCUT2D eigenvalue weighted by Gasteiger charge is -2.17. The number of rotatable bonds is 9. The Kier molecular flexibility index (Phi) is 11.5. The normalized spacial score (nSPS) is 10.9. The maximum atomic E-state index is 10.3. The molecule has 0 unspecified atom stereocenters. The van der Waals surface area contributed by atoms with Crippen LogP contribution in [0.2, 0.25) is 0 Å². The van der Waals surface area contributed by atoms with Gasteiger partial charge in [-0.3, -0.25) is 0 Å². The highest BCUT2D eigenvalue weighted by Gasteiger charge is 2.23. The smallest absolute Gasteiger partial charge is 0.196 e. The van der Waals surface area contributed by atoms with Gasteiger partial charge in [0.05, 0.1) is 53.4 Å². The van der Waals surface area contributed by atoms with Crippen LogP contribution in [0.5, 0.6) is 0 Å². The van der Waals surface area contributed by atoms with E-state index in [1.807, 2.05) is 158 Å². The summed E-state index contributed by atoms with van der Waals surface area (Å²) in [4.78, 5) is 33.2. The molecule has 0 aliphatic rings. The third-order valence-corrected chi connectivity index (χ3v) is 13.2. The molecule has 0 spiro atoms. The van der Waals surface area contributed by atoms with Crippen LogP contribution in [0.15, 0.2) is 218 Å². The predicted octanol–water partition coefficient (Wildman–Crippen LogP) is 15.9. The van der Waals surface area contributed by atoms with Crippen LogP contribution >= 0.6 is 0 Å². The van der Waals surface area contributed by atoms with Crippen LogP contribution in [-0.4, -0.2) is 29.5 Å². The molecule has 10 nitrogen and oxygen atoms in total. The summed E-state index contributed by atoms with van der Waals surface area (Å²) in [5.74, 6) is 2.09. The van der Waals surface area contributed by atoms with Gasteiger partial charge in [-0.2, -0.15) is 10.5 Å². The number of aromatic nitrogens is 6. The molecule has 0 amide bonds. The van der Waals surface area contributed by atoms with Crippen molar-refractivity contribution in [2.24, 2.45) is 0 Å². The van der Waals surface area contributed by atoms with Gasteiger partial charge < -0.3 is 4.57 Å². The maximum Gasteiger partial charge on any atom is 0.196 e. The molecule has 0 atom stereocenters. The van der Waals surface area contributed by atoms with Crippen LogP contribution in [0, 0.1) is 35.8 Å². The molecule has 3 heterocycles. The van der Waals surface area contributed by atoms with Crippen molar-refractivity contribution in [1.82, 2.24) is 29.5 Å². The van der Waals surface area contributed by atoms with E-state index >= 15 is 0 Å². The highest BCUT2D eigenvalue weighted by Crippen LogP contribution is 2.43. The van der Waals surface area contributed by atoms with Crippen molar-refractivity contribution in [3.63, 3.8) is 0 Å². The Hall–Kier alpha value is -11.2. The minimum atomic E-state index is 0.366. The van der Waals surface area contributed by atoms with E-state index in [-0.39, 0.29) is 0 Å². The number of fused-ring (bicyclic) bond motifs is 3. The van der Waals surface area contributed by atoms with Crippen LogP contribution in [0.25, 0.3) is 128 Å². The number of nitrogens with zero attached hydrogens (tertiary/aromatic N) is 10. The Morgan fingerprint density at radius 1 is 0.373 bits per heavy atom. The van der Waals surface area contributed by atoms with Gasteiger partial charge in [0.1, 0.15) is 0 Å². The Morgan fingerprint density at radius 3 is 1.43 bits per heavy atom. The van der Waals surface area contributed by atoms with Crippen LogP contribution in [0.3, 0.4) is 0 Å². The Morgan fingerprint density at radius 2 is 0.880 bits per heavy atom. The summed E-state index contributed by atoms with van der Waals surface area (Å²) in [7, 11) is 0. The minimum Gasteiger partial charge on any atom is -0.309 e. The third-order valence-electron chi connectivity index (χ3n) is 13.2. The number of benzene rings is 9. The summed E-state index contributed by atoms with van der Waals surface area (Å²) in [6.45, 7) is 15.7. The zero-order valence-corrected chi connectivity index (χ0v) is 39.8.